The molecule has 0 aliphatic rings. The van der Waals surface area contributed by atoms with E-state index in [1.165, 1.54) is 57.8 Å². The van der Waals surface area contributed by atoms with Gasteiger partial charge in [-0.05, 0) is 12.8 Å². The number of ether oxygens (including phenoxy) is 2. The second-order valence-electron chi connectivity index (χ2n) is 6.12. The maximum Gasteiger partial charge on any atom is 0.305 e. The maximum absolute atomic E-state index is 11.5. The first-order valence-electron chi connectivity index (χ1n) is 9.54. The molecule has 0 rings (SSSR count). The first kappa shape index (κ1) is 21.4. The molecule has 22 heavy (non-hydrogen) atoms. The summed E-state index contributed by atoms with van der Waals surface area (Å²) in [5.74, 6) is -0.0693. The molecule has 0 bridgehead atoms. The molecular formula is C19H38O3. The van der Waals surface area contributed by atoms with Crippen LogP contribution in [0.25, 0.3) is 0 Å². The Morgan fingerprint density at radius 3 is 1.82 bits per heavy atom. The molecule has 3 heteroatoms. The number of unbranched alkanes of at least 4 members (excludes halogenated alkanes) is 10. The van der Waals surface area contributed by atoms with Crippen LogP contribution in [-0.2, 0) is 14.3 Å². The second kappa shape index (κ2) is 18.5. The highest BCUT2D eigenvalue weighted by atomic mass is 16.6. The summed E-state index contributed by atoms with van der Waals surface area (Å²) >= 11 is 0. The Morgan fingerprint density at radius 1 is 0.636 bits per heavy atom. The SMILES string of the molecule is CCCCCCCCCCCC(=O)OCCOCCCCC. The fourth-order valence-electron chi connectivity index (χ4n) is 2.42. The predicted octanol–water partition coefficient (Wildman–Crippen LogP) is 5.66. The van der Waals surface area contributed by atoms with Gasteiger partial charge in [-0.3, -0.25) is 4.79 Å². The van der Waals surface area contributed by atoms with E-state index >= 15 is 0 Å². The number of esters is 1. The van der Waals surface area contributed by atoms with E-state index in [2.05, 4.69) is 13.8 Å². The monoisotopic (exact) mass is 314 g/mol. The van der Waals surface area contributed by atoms with Crippen molar-refractivity contribution >= 4 is 5.97 Å². The Hall–Kier alpha value is -0.570. The lowest BCUT2D eigenvalue weighted by Gasteiger charge is -2.06. The predicted molar refractivity (Wildman–Crippen MR) is 93.1 cm³/mol. The van der Waals surface area contributed by atoms with Crippen molar-refractivity contribution in [3.63, 3.8) is 0 Å². The van der Waals surface area contributed by atoms with Gasteiger partial charge in [-0.2, -0.15) is 0 Å². The second-order valence-corrected chi connectivity index (χ2v) is 6.12. The van der Waals surface area contributed by atoms with Crippen molar-refractivity contribution in [2.75, 3.05) is 19.8 Å². The van der Waals surface area contributed by atoms with Crippen LogP contribution < -0.4 is 0 Å². The van der Waals surface area contributed by atoms with E-state index in [0.717, 1.165) is 25.9 Å². The van der Waals surface area contributed by atoms with Gasteiger partial charge in [0.1, 0.15) is 6.61 Å². The Bertz CT molecular complexity index is 229. The van der Waals surface area contributed by atoms with E-state index in [4.69, 9.17) is 9.47 Å². The molecule has 0 fully saturated rings. The molecule has 0 aliphatic carbocycles. The van der Waals surface area contributed by atoms with Gasteiger partial charge < -0.3 is 9.47 Å². The van der Waals surface area contributed by atoms with Crippen molar-refractivity contribution in [3.8, 4) is 0 Å². The smallest absolute Gasteiger partial charge is 0.305 e. The summed E-state index contributed by atoms with van der Waals surface area (Å²) in [5, 5.41) is 0. The van der Waals surface area contributed by atoms with E-state index < -0.39 is 0 Å². The highest BCUT2D eigenvalue weighted by Gasteiger charge is 2.02. The average molecular weight is 315 g/mol. The number of hydrogen-bond donors (Lipinski definition) is 0. The third-order valence-corrected chi connectivity index (χ3v) is 3.87. The number of hydrogen-bond acceptors (Lipinski definition) is 3. The van der Waals surface area contributed by atoms with Gasteiger partial charge in [0, 0.05) is 13.0 Å². The van der Waals surface area contributed by atoms with E-state index in [1.54, 1.807) is 0 Å². The van der Waals surface area contributed by atoms with Gasteiger partial charge in [-0.15, -0.1) is 0 Å². The summed E-state index contributed by atoms with van der Waals surface area (Å²) < 4.78 is 10.6. The van der Waals surface area contributed by atoms with Crippen LogP contribution in [-0.4, -0.2) is 25.8 Å². The summed E-state index contributed by atoms with van der Waals surface area (Å²) in [6.07, 6.45) is 15.5. The summed E-state index contributed by atoms with van der Waals surface area (Å²) in [4.78, 5) is 11.5. The molecular weight excluding hydrogens is 276 g/mol. The third kappa shape index (κ3) is 17.5. The minimum Gasteiger partial charge on any atom is -0.463 e. The maximum atomic E-state index is 11.5. The van der Waals surface area contributed by atoms with Crippen molar-refractivity contribution in [1.29, 1.82) is 0 Å². The molecule has 0 heterocycles. The Labute approximate surface area is 138 Å². The van der Waals surface area contributed by atoms with Gasteiger partial charge in [0.25, 0.3) is 0 Å². The first-order chi connectivity index (χ1) is 10.8. The third-order valence-electron chi connectivity index (χ3n) is 3.87. The number of carbonyl (C=O) groups is 1. The molecule has 0 aromatic heterocycles. The zero-order valence-corrected chi connectivity index (χ0v) is 15.0. The minimum absolute atomic E-state index is 0.0693. The van der Waals surface area contributed by atoms with Crippen LogP contribution in [0.1, 0.15) is 97.3 Å². The molecule has 0 spiro atoms. The van der Waals surface area contributed by atoms with Gasteiger partial charge in [0.05, 0.1) is 6.61 Å². The van der Waals surface area contributed by atoms with Crippen LogP contribution in [0.4, 0.5) is 0 Å². The van der Waals surface area contributed by atoms with Crippen LogP contribution >= 0.6 is 0 Å². The molecule has 3 nitrogen and oxygen atoms in total. The molecule has 0 aromatic carbocycles. The summed E-state index contributed by atoms with van der Waals surface area (Å²) in [7, 11) is 0. The minimum atomic E-state index is -0.0693. The molecule has 0 saturated carbocycles. The van der Waals surface area contributed by atoms with E-state index in [-0.39, 0.29) is 5.97 Å². The molecule has 0 unspecified atom stereocenters. The standard InChI is InChI=1S/C19H38O3/c1-3-5-7-8-9-10-11-12-13-15-19(20)22-18-17-21-16-14-6-4-2/h3-18H2,1-2H3. The summed E-state index contributed by atoms with van der Waals surface area (Å²) in [5.41, 5.74) is 0. The lowest BCUT2D eigenvalue weighted by atomic mass is 10.1. The lowest BCUT2D eigenvalue weighted by Crippen LogP contribution is -2.10. The Balaban J connectivity index is 3.13. The zero-order chi connectivity index (χ0) is 16.3. The summed E-state index contributed by atoms with van der Waals surface area (Å²) in [6.45, 7) is 6.14. The van der Waals surface area contributed by atoms with Crippen molar-refractivity contribution in [2.45, 2.75) is 97.3 Å². The van der Waals surface area contributed by atoms with Crippen molar-refractivity contribution in [2.24, 2.45) is 0 Å². The van der Waals surface area contributed by atoms with E-state index in [9.17, 15) is 4.79 Å². The van der Waals surface area contributed by atoms with Gasteiger partial charge in [-0.1, -0.05) is 78.1 Å². The fourth-order valence-corrected chi connectivity index (χ4v) is 2.42. The molecule has 0 atom stereocenters. The quantitative estimate of drug-likeness (QED) is 0.257. The highest BCUT2D eigenvalue weighted by Crippen LogP contribution is 2.10. The van der Waals surface area contributed by atoms with Crippen LogP contribution in [0.5, 0.6) is 0 Å². The molecule has 0 amide bonds. The van der Waals surface area contributed by atoms with Crippen molar-refractivity contribution < 1.29 is 14.3 Å². The Kier molecular flexibility index (Phi) is 18.0. The van der Waals surface area contributed by atoms with Gasteiger partial charge in [0.15, 0.2) is 0 Å². The van der Waals surface area contributed by atoms with Gasteiger partial charge in [-0.25, -0.2) is 0 Å². The van der Waals surface area contributed by atoms with E-state index in [0.29, 0.717) is 19.6 Å². The molecule has 0 N–H and O–H groups in total. The highest BCUT2D eigenvalue weighted by molar-refractivity contribution is 5.69. The van der Waals surface area contributed by atoms with Crippen LogP contribution in [0.2, 0.25) is 0 Å². The van der Waals surface area contributed by atoms with Gasteiger partial charge in [0.2, 0.25) is 0 Å². The van der Waals surface area contributed by atoms with Crippen LogP contribution in [0.15, 0.2) is 0 Å². The molecule has 0 aromatic rings. The number of rotatable bonds is 17. The van der Waals surface area contributed by atoms with Crippen molar-refractivity contribution in [1.82, 2.24) is 0 Å². The topological polar surface area (TPSA) is 35.5 Å². The largest absolute Gasteiger partial charge is 0.463 e. The van der Waals surface area contributed by atoms with Crippen molar-refractivity contribution in [3.05, 3.63) is 0 Å². The van der Waals surface area contributed by atoms with Crippen LogP contribution in [0.3, 0.4) is 0 Å². The lowest BCUT2D eigenvalue weighted by molar-refractivity contribution is -0.145. The first-order valence-corrected chi connectivity index (χ1v) is 9.54. The van der Waals surface area contributed by atoms with Gasteiger partial charge >= 0.3 is 5.97 Å². The zero-order valence-electron chi connectivity index (χ0n) is 15.0. The van der Waals surface area contributed by atoms with Crippen LogP contribution in [0, 0.1) is 0 Å². The normalized spacial score (nSPS) is 10.8. The molecule has 0 saturated heterocycles. The Morgan fingerprint density at radius 2 is 1.18 bits per heavy atom. The molecule has 132 valence electrons. The molecule has 0 radical (unpaired) electrons. The fraction of sp³-hybridized carbons (Fsp3) is 0.947. The summed E-state index contributed by atoms with van der Waals surface area (Å²) in [6, 6.07) is 0. The molecule has 0 aliphatic heterocycles. The number of carbonyl (C=O) groups excluding carboxylic acids is 1. The van der Waals surface area contributed by atoms with E-state index in [1.807, 2.05) is 0 Å². The average Bonchev–Trinajstić information content (AvgIpc) is 2.52.